The van der Waals surface area contributed by atoms with Crippen molar-refractivity contribution in [2.24, 2.45) is 29.4 Å². The molecule has 0 radical (unpaired) electrons. The van der Waals surface area contributed by atoms with E-state index in [2.05, 4.69) is 27.7 Å². The molecule has 0 aromatic rings. The van der Waals surface area contributed by atoms with Gasteiger partial charge in [0.25, 0.3) is 0 Å². The zero-order chi connectivity index (χ0) is 29.7. The minimum absolute atomic E-state index is 0.00342. The molecular formula is C33H57NO7. The molecule has 8 nitrogen and oxygen atoms in total. The quantitative estimate of drug-likeness (QED) is 0.364. The van der Waals surface area contributed by atoms with Crippen LogP contribution in [0.1, 0.15) is 119 Å². The van der Waals surface area contributed by atoms with Crippen LogP contribution in [0.3, 0.4) is 0 Å². The van der Waals surface area contributed by atoms with Gasteiger partial charge in [-0.3, -0.25) is 9.59 Å². The van der Waals surface area contributed by atoms with Gasteiger partial charge in [0.05, 0.1) is 48.5 Å². The van der Waals surface area contributed by atoms with Crippen LogP contribution in [0.4, 0.5) is 0 Å². The first-order chi connectivity index (χ1) is 19.6. The molecule has 0 amide bonds. The van der Waals surface area contributed by atoms with Gasteiger partial charge in [0, 0.05) is 24.3 Å². The Hall–Kier alpha value is -1.22. The highest BCUT2D eigenvalue weighted by atomic mass is 16.6. The second-order valence-corrected chi connectivity index (χ2v) is 13.6. The van der Waals surface area contributed by atoms with E-state index >= 15 is 0 Å². The molecule has 4 aliphatic rings. The maximum Gasteiger partial charge on any atom is 0.311 e. The third-order valence-corrected chi connectivity index (χ3v) is 10.3. The van der Waals surface area contributed by atoms with Crippen LogP contribution in [0, 0.1) is 23.7 Å². The monoisotopic (exact) mass is 579 g/mol. The van der Waals surface area contributed by atoms with E-state index in [9.17, 15) is 9.59 Å². The van der Waals surface area contributed by atoms with Crippen molar-refractivity contribution in [1.82, 2.24) is 0 Å². The smallest absolute Gasteiger partial charge is 0.311 e. The first kappa shape index (κ1) is 32.7. The van der Waals surface area contributed by atoms with Crippen molar-refractivity contribution >= 4 is 11.9 Å². The Balaban J connectivity index is 1.52. The molecule has 4 saturated heterocycles. The summed E-state index contributed by atoms with van der Waals surface area (Å²) >= 11 is 0. The van der Waals surface area contributed by atoms with Crippen molar-refractivity contribution in [2.45, 2.75) is 173 Å². The predicted octanol–water partition coefficient (Wildman–Crippen LogP) is 5.72. The van der Waals surface area contributed by atoms with Crippen molar-refractivity contribution in [3.8, 4) is 0 Å². The molecule has 8 heteroatoms. The first-order valence-corrected chi connectivity index (χ1v) is 16.7. The van der Waals surface area contributed by atoms with E-state index in [0.29, 0.717) is 6.42 Å². The number of carbonyl (C=O) groups excluding carboxylic acids is 2. The van der Waals surface area contributed by atoms with E-state index in [1.807, 2.05) is 13.8 Å². The highest BCUT2D eigenvalue weighted by molar-refractivity contribution is 5.73. The molecule has 2 N–H and O–H groups in total. The van der Waals surface area contributed by atoms with Crippen LogP contribution in [-0.2, 0) is 33.3 Å². The first-order valence-electron chi connectivity index (χ1n) is 16.7. The Morgan fingerprint density at radius 2 is 1.44 bits per heavy atom. The Labute approximate surface area is 248 Å². The molecule has 236 valence electrons. The zero-order valence-corrected chi connectivity index (χ0v) is 26.4. The number of fused-ring (bicyclic) bond motifs is 4. The lowest BCUT2D eigenvalue weighted by Crippen LogP contribution is -2.44. The summed E-state index contributed by atoms with van der Waals surface area (Å²) in [4.78, 5) is 26.9. The lowest BCUT2D eigenvalue weighted by atomic mass is 9.84. The Bertz CT molecular complexity index is 853. The molecule has 4 rings (SSSR count). The van der Waals surface area contributed by atoms with Crippen LogP contribution in [0.15, 0.2) is 0 Å². The minimum atomic E-state index is -0.372. The zero-order valence-electron chi connectivity index (χ0n) is 26.4. The number of esters is 2. The van der Waals surface area contributed by atoms with Gasteiger partial charge >= 0.3 is 11.9 Å². The van der Waals surface area contributed by atoms with Crippen LogP contribution < -0.4 is 5.73 Å². The van der Waals surface area contributed by atoms with E-state index in [0.717, 1.165) is 70.6 Å². The van der Waals surface area contributed by atoms with E-state index < -0.39 is 0 Å². The number of ether oxygens (including phenoxy) is 5. The molecule has 0 spiro atoms. The Morgan fingerprint density at radius 1 is 0.780 bits per heavy atom. The third kappa shape index (κ3) is 8.24. The molecule has 4 bridgehead atoms. The minimum Gasteiger partial charge on any atom is -0.462 e. The van der Waals surface area contributed by atoms with E-state index in [1.54, 1.807) is 0 Å². The van der Waals surface area contributed by atoms with Gasteiger partial charge in [-0.25, -0.2) is 0 Å². The van der Waals surface area contributed by atoms with Gasteiger partial charge in [0.2, 0.25) is 0 Å². The molecule has 4 heterocycles. The van der Waals surface area contributed by atoms with Crippen LogP contribution in [0.25, 0.3) is 0 Å². The van der Waals surface area contributed by atoms with Gasteiger partial charge in [-0.1, -0.05) is 40.5 Å². The van der Waals surface area contributed by atoms with Crippen molar-refractivity contribution < 1.29 is 33.3 Å². The number of nitrogens with two attached hydrogens (primary N) is 1. The second-order valence-electron chi connectivity index (χ2n) is 13.6. The summed E-state index contributed by atoms with van der Waals surface area (Å²) in [7, 11) is 0. The lowest BCUT2D eigenvalue weighted by molar-refractivity contribution is -0.175. The summed E-state index contributed by atoms with van der Waals surface area (Å²) in [5, 5.41) is 0. The average molecular weight is 580 g/mol. The molecule has 4 fully saturated rings. The highest BCUT2D eigenvalue weighted by Crippen LogP contribution is 2.39. The molecule has 0 aromatic carbocycles. The fraction of sp³-hybridized carbons (Fsp3) is 0.939. The summed E-state index contributed by atoms with van der Waals surface area (Å²) in [6.45, 7) is 12.4. The highest BCUT2D eigenvalue weighted by Gasteiger charge is 2.46. The van der Waals surface area contributed by atoms with E-state index in [-0.39, 0.29) is 90.5 Å². The van der Waals surface area contributed by atoms with Gasteiger partial charge in [0.15, 0.2) is 0 Å². The number of carbonyl (C=O) groups is 2. The van der Waals surface area contributed by atoms with Crippen LogP contribution in [0.5, 0.6) is 0 Å². The fourth-order valence-electron chi connectivity index (χ4n) is 7.61. The van der Waals surface area contributed by atoms with Crippen molar-refractivity contribution in [3.63, 3.8) is 0 Å². The third-order valence-electron chi connectivity index (χ3n) is 10.3. The molecular weight excluding hydrogens is 522 g/mol. The van der Waals surface area contributed by atoms with E-state index in [1.165, 1.54) is 0 Å². The summed E-state index contributed by atoms with van der Waals surface area (Å²) in [5.74, 6) is -1.14. The number of hydrogen-bond acceptors (Lipinski definition) is 8. The van der Waals surface area contributed by atoms with Crippen LogP contribution >= 0.6 is 0 Å². The van der Waals surface area contributed by atoms with E-state index in [4.69, 9.17) is 29.4 Å². The van der Waals surface area contributed by atoms with Gasteiger partial charge in [0.1, 0.15) is 12.2 Å². The maximum atomic E-state index is 13.6. The number of rotatable bonds is 8. The average Bonchev–Trinajstić information content (AvgIpc) is 3.71. The largest absolute Gasteiger partial charge is 0.462 e. The molecule has 4 aliphatic heterocycles. The standard InChI is InChI=1S/C33H57NO7/c1-7-9-23(34)17-25-11-13-27(37-25)19(3)31-20(4)28-15-16-30(40-28)22(6)32(35)39-24(10-8-2)18-26-12-14-29(38-26)21(5)33(36)41-31/h19-31H,7-18,34H2,1-6H3. The summed E-state index contributed by atoms with van der Waals surface area (Å²) in [6.07, 6.45) is 9.65. The predicted molar refractivity (Wildman–Crippen MR) is 157 cm³/mol. The van der Waals surface area contributed by atoms with Crippen molar-refractivity contribution in [3.05, 3.63) is 0 Å². The normalized spacial score (nSPS) is 42.1. The van der Waals surface area contributed by atoms with Gasteiger partial charge < -0.3 is 29.4 Å². The molecule has 0 saturated carbocycles. The topological polar surface area (TPSA) is 106 Å². The summed E-state index contributed by atoms with van der Waals surface area (Å²) in [6, 6.07) is 0.157. The van der Waals surface area contributed by atoms with Crippen molar-refractivity contribution in [2.75, 3.05) is 0 Å². The van der Waals surface area contributed by atoms with Crippen molar-refractivity contribution in [1.29, 1.82) is 0 Å². The number of hydrogen-bond donors (Lipinski definition) is 1. The molecule has 13 unspecified atom stereocenters. The van der Waals surface area contributed by atoms with Gasteiger partial charge in [-0.2, -0.15) is 0 Å². The maximum absolute atomic E-state index is 13.6. The fourth-order valence-corrected chi connectivity index (χ4v) is 7.61. The van der Waals surface area contributed by atoms with Crippen LogP contribution in [0.2, 0.25) is 0 Å². The Kier molecular flexibility index (Phi) is 11.9. The van der Waals surface area contributed by atoms with Crippen LogP contribution in [-0.4, -0.2) is 66.8 Å². The molecule has 13 atom stereocenters. The SMILES string of the molecule is CCCC(N)CC1CCC(C(C)C2OC(=O)C(C)C3CCC(CC(CCC)OC(=O)C(C)C4CCC(O4)C2C)O3)O1. The number of cyclic esters (lactones) is 2. The molecule has 0 aliphatic carbocycles. The lowest BCUT2D eigenvalue weighted by Gasteiger charge is -2.36. The molecule has 41 heavy (non-hydrogen) atoms. The molecule has 0 aromatic heterocycles. The van der Waals surface area contributed by atoms with Gasteiger partial charge in [-0.15, -0.1) is 0 Å². The Morgan fingerprint density at radius 3 is 2.15 bits per heavy atom. The second kappa shape index (κ2) is 15.0. The van der Waals surface area contributed by atoms with Gasteiger partial charge in [-0.05, 0) is 71.6 Å². The summed E-state index contributed by atoms with van der Waals surface area (Å²) in [5.41, 5.74) is 6.33. The summed E-state index contributed by atoms with van der Waals surface area (Å²) < 4.78 is 31.9.